The highest BCUT2D eigenvalue weighted by Crippen LogP contribution is 2.32. The van der Waals surface area contributed by atoms with Gasteiger partial charge in [0.05, 0.1) is 0 Å². The molecule has 0 aliphatic carbocycles. The van der Waals surface area contributed by atoms with Gasteiger partial charge in [-0.25, -0.2) is 0 Å². The van der Waals surface area contributed by atoms with Crippen LogP contribution < -0.4 is 5.32 Å². The first-order valence-corrected chi connectivity index (χ1v) is 13.1. The summed E-state index contributed by atoms with van der Waals surface area (Å²) in [5.41, 5.74) is 2.68. The van der Waals surface area contributed by atoms with Crippen LogP contribution in [0.3, 0.4) is 0 Å². The van der Waals surface area contributed by atoms with Gasteiger partial charge < -0.3 is 15.0 Å². The number of rotatable bonds is 10. The summed E-state index contributed by atoms with van der Waals surface area (Å²) in [6.07, 6.45) is 9.94. The lowest BCUT2D eigenvalue weighted by Gasteiger charge is -2.51. The number of hydrogen-bond acceptors (Lipinski definition) is 5. The first-order valence-electron chi connectivity index (χ1n) is 13.1. The molecule has 0 unspecified atom stereocenters. The van der Waals surface area contributed by atoms with Crippen LogP contribution in [0.2, 0.25) is 0 Å². The number of hydrogen-bond donors (Lipinski definition) is 1. The molecule has 3 rings (SSSR count). The molecule has 0 radical (unpaired) electrons. The van der Waals surface area contributed by atoms with Crippen LogP contribution in [0.25, 0.3) is 0 Å². The topological polar surface area (TPSA) is 65.1 Å². The number of ether oxygens (including phenoxy) is 1. The molecule has 0 bridgehead atoms. The van der Waals surface area contributed by atoms with E-state index in [4.69, 9.17) is 4.74 Å². The van der Waals surface area contributed by atoms with Crippen LogP contribution in [-0.2, 0) is 16.1 Å². The van der Waals surface area contributed by atoms with E-state index < -0.39 is 0 Å². The van der Waals surface area contributed by atoms with Crippen molar-refractivity contribution in [2.75, 3.05) is 53.0 Å². The number of nitrogens with one attached hydrogen (secondary N) is 1. The average molecular weight is 495 g/mol. The van der Waals surface area contributed by atoms with Crippen molar-refractivity contribution in [3.8, 4) is 0 Å². The molecule has 7 heteroatoms. The molecule has 2 aliphatic heterocycles. The van der Waals surface area contributed by atoms with Gasteiger partial charge in [-0.2, -0.15) is 0 Å². The molecule has 0 saturated carbocycles. The highest BCUT2D eigenvalue weighted by atomic mass is 16.5. The molecular weight excluding hydrogens is 452 g/mol. The predicted molar refractivity (Wildman–Crippen MR) is 145 cm³/mol. The lowest BCUT2D eigenvalue weighted by atomic mass is 9.86. The van der Waals surface area contributed by atoms with E-state index in [1.54, 1.807) is 13.1 Å². The summed E-state index contributed by atoms with van der Waals surface area (Å²) in [5.74, 6) is 0.0685. The lowest BCUT2D eigenvalue weighted by molar-refractivity contribution is -0.133. The Hall–Kier alpha value is -2.74. The third kappa shape index (κ3) is 6.93. The van der Waals surface area contributed by atoms with Crippen molar-refractivity contribution < 1.29 is 14.3 Å². The zero-order valence-electron chi connectivity index (χ0n) is 22.2. The second kappa shape index (κ2) is 13.5. The first-order chi connectivity index (χ1) is 17.5. The van der Waals surface area contributed by atoms with Gasteiger partial charge in [0.1, 0.15) is 0 Å². The molecular formula is C29H42N4O3. The van der Waals surface area contributed by atoms with Gasteiger partial charge in [0.2, 0.25) is 5.91 Å². The van der Waals surface area contributed by atoms with Gasteiger partial charge in [-0.1, -0.05) is 37.8 Å². The quantitative estimate of drug-likeness (QED) is 0.504. The van der Waals surface area contributed by atoms with Gasteiger partial charge in [-0.3, -0.25) is 19.4 Å². The Morgan fingerprint density at radius 1 is 1.14 bits per heavy atom. The predicted octanol–water partition coefficient (Wildman–Crippen LogP) is 3.60. The van der Waals surface area contributed by atoms with E-state index in [1.807, 2.05) is 61.2 Å². The Kier molecular flexibility index (Phi) is 10.5. The molecule has 196 valence electrons. The van der Waals surface area contributed by atoms with Crippen LogP contribution >= 0.6 is 0 Å². The third-order valence-electron chi connectivity index (χ3n) is 7.31. The van der Waals surface area contributed by atoms with Crippen LogP contribution in [0.15, 0.2) is 60.8 Å². The summed E-state index contributed by atoms with van der Waals surface area (Å²) in [6.45, 7) is 14.6. The van der Waals surface area contributed by atoms with Gasteiger partial charge in [0.15, 0.2) is 0 Å². The van der Waals surface area contributed by atoms with Crippen molar-refractivity contribution in [1.82, 2.24) is 20.0 Å². The number of allylic oxidation sites excluding steroid dienone is 4. The van der Waals surface area contributed by atoms with E-state index in [0.29, 0.717) is 18.5 Å². The van der Waals surface area contributed by atoms with Crippen LogP contribution in [0.5, 0.6) is 0 Å². The zero-order chi connectivity index (χ0) is 26.0. The minimum atomic E-state index is -0.105. The molecule has 7 nitrogen and oxygen atoms in total. The molecule has 2 fully saturated rings. The summed E-state index contributed by atoms with van der Waals surface area (Å²) >= 11 is 0. The Labute approximate surface area is 216 Å². The Bertz CT molecular complexity index is 940. The SMILES string of the molecule is C=C/C=C(\C=C/C)N(CC1(N2CCN(Cc3ccc(C(=O)NC)cc3)CC2)CCOCC1)C(=O)CC. The minimum absolute atomic E-state index is 0.0620. The largest absolute Gasteiger partial charge is 0.381 e. The number of carbonyl (C=O) groups excluding carboxylic acids is 2. The normalized spacial score (nSPS) is 19.2. The third-order valence-corrected chi connectivity index (χ3v) is 7.31. The summed E-state index contributed by atoms with van der Waals surface area (Å²) < 4.78 is 5.76. The van der Waals surface area contributed by atoms with Crippen LogP contribution in [0.1, 0.15) is 49.0 Å². The molecule has 36 heavy (non-hydrogen) atoms. The molecule has 2 amide bonds. The molecule has 2 saturated heterocycles. The monoisotopic (exact) mass is 494 g/mol. The highest BCUT2D eigenvalue weighted by Gasteiger charge is 2.42. The summed E-state index contributed by atoms with van der Waals surface area (Å²) in [6, 6.07) is 7.86. The van der Waals surface area contributed by atoms with Crippen molar-refractivity contribution in [2.45, 2.75) is 45.2 Å². The zero-order valence-corrected chi connectivity index (χ0v) is 22.2. The standard InChI is InChI=1S/C29H42N4O3/c1-5-8-26(9-6-2)33(27(34)7-3)23-29(14-20-36-21-15-29)32-18-16-31(17-19-32)22-24-10-12-25(13-11-24)28(35)30-4/h5-6,8-13H,1,7,14-23H2,2-4H3,(H,30,35)/b9-6-,26-8+. The number of carbonyl (C=O) groups is 2. The fraction of sp³-hybridized carbons (Fsp3) is 0.517. The molecule has 1 aromatic carbocycles. The Morgan fingerprint density at radius 3 is 2.36 bits per heavy atom. The van der Waals surface area contributed by atoms with Crippen molar-refractivity contribution in [1.29, 1.82) is 0 Å². The van der Waals surface area contributed by atoms with E-state index in [1.165, 1.54) is 5.56 Å². The maximum absolute atomic E-state index is 13.1. The fourth-order valence-corrected chi connectivity index (χ4v) is 5.21. The molecule has 1 aromatic rings. The maximum atomic E-state index is 13.1. The molecule has 0 aromatic heterocycles. The number of benzene rings is 1. The number of nitrogens with zero attached hydrogens (tertiary/aromatic N) is 3. The Morgan fingerprint density at radius 2 is 1.81 bits per heavy atom. The van der Waals surface area contributed by atoms with Crippen molar-refractivity contribution in [2.24, 2.45) is 0 Å². The second-order valence-corrected chi connectivity index (χ2v) is 9.54. The second-order valence-electron chi connectivity index (χ2n) is 9.54. The summed E-state index contributed by atoms with van der Waals surface area (Å²) in [7, 11) is 1.65. The molecule has 0 spiro atoms. The van der Waals surface area contributed by atoms with E-state index in [2.05, 4.69) is 21.7 Å². The van der Waals surface area contributed by atoms with Crippen molar-refractivity contribution in [3.63, 3.8) is 0 Å². The number of piperazine rings is 1. The lowest BCUT2D eigenvalue weighted by Crippen LogP contribution is -2.63. The van der Waals surface area contributed by atoms with Gasteiger partial charge in [-0.05, 0) is 49.6 Å². The first kappa shape index (κ1) is 27.8. The fourth-order valence-electron chi connectivity index (χ4n) is 5.21. The van der Waals surface area contributed by atoms with Gasteiger partial charge in [-0.15, -0.1) is 0 Å². The van der Waals surface area contributed by atoms with Gasteiger partial charge in [0.25, 0.3) is 5.91 Å². The van der Waals surface area contributed by atoms with E-state index in [0.717, 1.165) is 64.5 Å². The smallest absolute Gasteiger partial charge is 0.251 e. The van der Waals surface area contributed by atoms with Gasteiger partial charge >= 0.3 is 0 Å². The average Bonchev–Trinajstić information content (AvgIpc) is 2.92. The van der Waals surface area contributed by atoms with Gasteiger partial charge in [0, 0.05) is 82.8 Å². The molecule has 2 aliphatic rings. The van der Waals surface area contributed by atoms with Crippen molar-refractivity contribution >= 4 is 11.8 Å². The summed E-state index contributed by atoms with van der Waals surface area (Å²) in [4.78, 5) is 31.9. The molecule has 1 N–H and O–H groups in total. The molecule has 0 atom stereocenters. The summed E-state index contributed by atoms with van der Waals surface area (Å²) in [5, 5.41) is 2.67. The highest BCUT2D eigenvalue weighted by molar-refractivity contribution is 5.93. The molecule has 2 heterocycles. The van der Waals surface area contributed by atoms with Crippen LogP contribution in [0, 0.1) is 0 Å². The Balaban J connectivity index is 1.71. The maximum Gasteiger partial charge on any atom is 0.251 e. The number of amides is 2. The van der Waals surface area contributed by atoms with Crippen LogP contribution in [0.4, 0.5) is 0 Å². The minimum Gasteiger partial charge on any atom is -0.381 e. The van der Waals surface area contributed by atoms with E-state index >= 15 is 0 Å². The van der Waals surface area contributed by atoms with Crippen molar-refractivity contribution in [3.05, 3.63) is 72.0 Å². The van der Waals surface area contributed by atoms with E-state index in [-0.39, 0.29) is 17.4 Å². The van der Waals surface area contributed by atoms with E-state index in [9.17, 15) is 9.59 Å². The van der Waals surface area contributed by atoms with Crippen LogP contribution in [-0.4, -0.2) is 85.0 Å².